The predicted octanol–water partition coefficient (Wildman–Crippen LogP) is -0.423. The van der Waals surface area contributed by atoms with Crippen molar-refractivity contribution in [3.63, 3.8) is 0 Å². The molecule has 5 atom stereocenters. The number of carbonyl (C=O) groups excluding carboxylic acids is 3. The Labute approximate surface area is 230 Å². The summed E-state index contributed by atoms with van der Waals surface area (Å²) >= 11 is 0. The standard InChI is InChI=1S/C27H24N6O8/c34-11-17-19(35)20(36)26(41-17)32-12-28-18-21(32)29-27(31-23(18)38)30-22(37)16(10-13-6-2-1-3-7-13)33-24(39)14-8-4-5-9-15(14)25(33)40/h1-9,12,16-17,19-20,26,34-36H,10-11H2,(H2,29,30,31,37,38)/t16-,17+,19-,20-,26+/m0/s1. The molecule has 2 aromatic carbocycles. The molecule has 41 heavy (non-hydrogen) atoms. The first-order valence-electron chi connectivity index (χ1n) is 12.7. The molecule has 4 heterocycles. The number of aliphatic hydroxyl groups is 3. The van der Waals surface area contributed by atoms with Crippen LogP contribution in [-0.4, -0.2) is 88.4 Å². The van der Waals surface area contributed by atoms with Gasteiger partial charge in [-0.2, -0.15) is 4.98 Å². The lowest BCUT2D eigenvalue weighted by atomic mass is 10.0. The van der Waals surface area contributed by atoms with Crippen LogP contribution in [0.2, 0.25) is 0 Å². The highest BCUT2D eigenvalue weighted by Gasteiger charge is 2.45. The van der Waals surface area contributed by atoms with E-state index in [2.05, 4.69) is 20.3 Å². The van der Waals surface area contributed by atoms with Crippen LogP contribution in [0.5, 0.6) is 0 Å². The molecule has 14 nitrogen and oxygen atoms in total. The smallest absolute Gasteiger partial charge is 0.280 e. The van der Waals surface area contributed by atoms with Gasteiger partial charge in [0.25, 0.3) is 17.4 Å². The van der Waals surface area contributed by atoms with Gasteiger partial charge in [0, 0.05) is 6.42 Å². The Hall–Kier alpha value is -4.76. The number of ether oxygens (including phenoxy) is 1. The molecule has 6 rings (SSSR count). The maximum atomic E-state index is 13.7. The summed E-state index contributed by atoms with van der Waals surface area (Å²) in [4.78, 5) is 64.6. The highest BCUT2D eigenvalue weighted by Crippen LogP contribution is 2.31. The molecule has 1 fully saturated rings. The normalized spacial score (nSPS) is 22.8. The van der Waals surface area contributed by atoms with Crippen molar-refractivity contribution < 1.29 is 34.4 Å². The number of anilines is 1. The number of hydrogen-bond donors (Lipinski definition) is 5. The van der Waals surface area contributed by atoms with E-state index in [1.54, 1.807) is 42.5 Å². The van der Waals surface area contributed by atoms with Crippen LogP contribution >= 0.6 is 0 Å². The quantitative estimate of drug-likeness (QED) is 0.185. The Bertz CT molecular complexity index is 1680. The average molecular weight is 561 g/mol. The second-order valence-electron chi connectivity index (χ2n) is 9.69. The summed E-state index contributed by atoms with van der Waals surface area (Å²) in [5.41, 5.74) is 0.0956. The number of aliphatic hydroxyl groups excluding tert-OH is 3. The van der Waals surface area contributed by atoms with Crippen molar-refractivity contribution in [1.82, 2.24) is 24.4 Å². The number of imidazole rings is 1. The second kappa shape index (κ2) is 10.3. The average Bonchev–Trinajstić information content (AvgIpc) is 3.60. The number of aromatic nitrogens is 4. The molecule has 0 bridgehead atoms. The first-order valence-corrected chi connectivity index (χ1v) is 12.7. The van der Waals surface area contributed by atoms with E-state index in [4.69, 9.17) is 4.74 Å². The van der Waals surface area contributed by atoms with Crippen LogP contribution in [0, 0.1) is 0 Å². The van der Waals surface area contributed by atoms with Crippen LogP contribution in [0.4, 0.5) is 5.95 Å². The Kier molecular flexibility index (Phi) is 6.67. The highest BCUT2D eigenvalue weighted by atomic mass is 16.6. The monoisotopic (exact) mass is 560 g/mol. The van der Waals surface area contributed by atoms with Gasteiger partial charge in [-0.1, -0.05) is 42.5 Å². The molecular weight excluding hydrogens is 536 g/mol. The number of carbonyl (C=O) groups is 3. The van der Waals surface area contributed by atoms with Crippen molar-refractivity contribution in [3.05, 3.63) is 88.0 Å². The number of nitrogens with zero attached hydrogens (tertiary/aromatic N) is 4. The van der Waals surface area contributed by atoms with Gasteiger partial charge in [0.2, 0.25) is 11.9 Å². The zero-order valence-corrected chi connectivity index (χ0v) is 21.2. The van der Waals surface area contributed by atoms with Gasteiger partial charge in [-0.3, -0.25) is 38.9 Å². The Morgan fingerprint density at radius 3 is 2.29 bits per heavy atom. The van der Waals surface area contributed by atoms with Crippen LogP contribution in [-0.2, 0) is 16.0 Å². The molecule has 2 aromatic heterocycles. The molecule has 4 aromatic rings. The van der Waals surface area contributed by atoms with Crippen molar-refractivity contribution in [2.45, 2.75) is 37.0 Å². The largest absolute Gasteiger partial charge is 0.394 e. The molecule has 5 N–H and O–H groups in total. The first-order chi connectivity index (χ1) is 19.8. The van der Waals surface area contributed by atoms with E-state index >= 15 is 0 Å². The molecule has 14 heteroatoms. The summed E-state index contributed by atoms with van der Waals surface area (Å²) in [7, 11) is 0. The number of nitrogens with one attached hydrogen (secondary N) is 2. The summed E-state index contributed by atoms with van der Waals surface area (Å²) in [5, 5.41) is 32.5. The zero-order valence-electron chi connectivity index (χ0n) is 21.2. The van der Waals surface area contributed by atoms with Crippen LogP contribution in [0.1, 0.15) is 32.5 Å². The Morgan fingerprint density at radius 2 is 1.66 bits per heavy atom. The summed E-state index contributed by atoms with van der Waals surface area (Å²) in [6.07, 6.45) is -4.00. The summed E-state index contributed by atoms with van der Waals surface area (Å²) in [6.45, 7) is -0.558. The number of aromatic amines is 1. The van der Waals surface area contributed by atoms with Crippen LogP contribution < -0.4 is 10.9 Å². The van der Waals surface area contributed by atoms with Gasteiger partial charge in [-0.25, -0.2) is 4.98 Å². The van der Waals surface area contributed by atoms with Crippen molar-refractivity contribution in [2.75, 3.05) is 11.9 Å². The Balaban J connectivity index is 1.34. The van der Waals surface area contributed by atoms with Crippen molar-refractivity contribution in [2.24, 2.45) is 0 Å². The van der Waals surface area contributed by atoms with Crippen molar-refractivity contribution >= 4 is 34.8 Å². The third kappa shape index (κ3) is 4.48. The van der Waals surface area contributed by atoms with E-state index in [1.807, 2.05) is 0 Å². The molecule has 2 aliphatic heterocycles. The topological polar surface area (TPSA) is 200 Å². The van der Waals surface area contributed by atoms with Gasteiger partial charge in [-0.15, -0.1) is 0 Å². The molecule has 2 aliphatic rings. The minimum atomic E-state index is -1.47. The number of hydrogen-bond acceptors (Lipinski definition) is 10. The molecule has 3 amide bonds. The molecule has 0 unspecified atom stereocenters. The van der Waals surface area contributed by atoms with E-state index < -0.39 is 60.5 Å². The third-order valence-corrected chi connectivity index (χ3v) is 7.18. The highest BCUT2D eigenvalue weighted by molar-refractivity contribution is 6.23. The van der Waals surface area contributed by atoms with Gasteiger partial charge in [0.1, 0.15) is 24.4 Å². The fourth-order valence-corrected chi connectivity index (χ4v) is 5.11. The predicted molar refractivity (Wildman–Crippen MR) is 141 cm³/mol. The Morgan fingerprint density at radius 1 is 1.00 bits per heavy atom. The number of benzene rings is 2. The minimum Gasteiger partial charge on any atom is -0.394 e. The molecule has 0 radical (unpaired) electrons. The maximum absolute atomic E-state index is 13.7. The number of H-pyrrole nitrogens is 1. The maximum Gasteiger partial charge on any atom is 0.280 e. The fourth-order valence-electron chi connectivity index (χ4n) is 5.11. The minimum absolute atomic E-state index is 0.00884. The SMILES string of the molecule is O=C(Nc1nc2c(ncn2[C@@H]2O[C@H](CO)[C@H](O)[C@@H]2O)c(=O)[nH]1)[C@H](Cc1ccccc1)N1C(=O)c2ccccc2C1=O. The molecule has 0 spiro atoms. The van der Waals surface area contributed by atoms with Gasteiger partial charge >= 0.3 is 0 Å². The van der Waals surface area contributed by atoms with E-state index in [0.717, 1.165) is 4.90 Å². The third-order valence-electron chi connectivity index (χ3n) is 7.18. The lowest BCUT2D eigenvalue weighted by Crippen LogP contribution is -2.48. The van der Waals surface area contributed by atoms with E-state index in [1.165, 1.54) is 23.0 Å². The van der Waals surface area contributed by atoms with Crippen LogP contribution in [0.3, 0.4) is 0 Å². The van der Waals surface area contributed by atoms with E-state index in [0.29, 0.717) is 5.56 Å². The summed E-state index contributed by atoms with van der Waals surface area (Å²) in [5.74, 6) is -2.34. The molecular formula is C27H24N6O8. The molecule has 210 valence electrons. The van der Waals surface area contributed by atoms with E-state index in [9.17, 15) is 34.5 Å². The summed E-state index contributed by atoms with van der Waals surface area (Å²) < 4.78 is 6.73. The van der Waals surface area contributed by atoms with Gasteiger partial charge < -0.3 is 20.1 Å². The van der Waals surface area contributed by atoms with Gasteiger partial charge in [0.05, 0.1) is 24.1 Å². The summed E-state index contributed by atoms with van der Waals surface area (Å²) in [6, 6.07) is 13.8. The van der Waals surface area contributed by atoms with Crippen molar-refractivity contribution in [1.29, 1.82) is 0 Å². The second-order valence-corrected chi connectivity index (χ2v) is 9.69. The lowest BCUT2D eigenvalue weighted by molar-refractivity contribution is -0.120. The fraction of sp³-hybridized carbons (Fsp3) is 0.259. The van der Waals surface area contributed by atoms with Crippen LogP contribution in [0.15, 0.2) is 65.7 Å². The van der Waals surface area contributed by atoms with Gasteiger partial charge in [0.15, 0.2) is 17.4 Å². The van der Waals surface area contributed by atoms with E-state index in [-0.39, 0.29) is 34.7 Å². The lowest BCUT2D eigenvalue weighted by Gasteiger charge is -2.25. The number of amides is 3. The first kappa shape index (κ1) is 26.5. The van der Waals surface area contributed by atoms with Crippen LogP contribution in [0.25, 0.3) is 11.2 Å². The molecule has 0 saturated carbocycles. The molecule has 0 aliphatic carbocycles. The number of fused-ring (bicyclic) bond motifs is 2. The number of imide groups is 1. The number of rotatable bonds is 7. The molecule has 1 saturated heterocycles. The zero-order chi connectivity index (χ0) is 28.8. The van der Waals surface area contributed by atoms with Gasteiger partial charge in [-0.05, 0) is 17.7 Å². The van der Waals surface area contributed by atoms with Crippen molar-refractivity contribution in [3.8, 4) is 0 Å².